The lowest BCUT2D eigenvalue weighted by molar-refractivity contribution is -0.138. The van der Waals surface area contributed by atoms with Crippen LogP contribution in [0.1, 0.15) is 37.2 Å². The summed E-state index contributed by atoms with van der Waals surface area (Å²) in [6.45, 7) is 0. The number of rotatable bonds is 6. The number of benzene rings is 1. The SMILES string of the molecule is COc1ccc(OC)c(C(CC(=O)O)C2CCC2)c1. The second-order valence-corrected chi connectivity index (χ2v) is 5.00. The van der Waals surface area contributed by atoms with Crippen molar-refractivity contribution in [2.45, 2.75) is 31.6 Å². The number of hydrogen-bond donors (Lipinski definition) is 1. The summed E-state index contributed by atoms with van der Waals surface area (Å²) < 4.78 is 10.6. The average molecular weight is 264 g/mol. The summed E-state index contributed by atoms with van der Waals surface area (Å²) >= 11 is 0. The van der Waals surface area contributed by atoms with Gasteiger partial charge in [0, 0.05) is 11.5 Å². The molecule has 1 atom stereocenters. The Hall–Kier alpha value is -1.71. The van der Waals surface area contributed by atoms with Gasteiger partial charge in [0.2, 0.25) is 0 Å². The zero-order chi connectivity index (χ0) is 13.8. The summed E-state index contributed by atoms with van der Waals surface area (Å²) in [5, 5.41) is 9.13. The maximum absolute atomic E-state index is 11.1. The van der Waals surface area contributed by atoms with Crippen molar-refractivity contribution in [3.05, 3.63) is 23.8 Å². The van der Waals surface area contributed by atoms with Crippen LogP contribution in [-0.2, 0) is 4.79 Å². The van der Waals surface area contributed by atoms with Crippen LogP contribution in [0.4, 0.5) is 0 Å². The largest absolute Gasteiger partial charge is 0.497 e. The van der Waals surface area contributed by atoms with E-state index in [1.807, 2.05) is 18.2 Å². The number of carboxylic acid groups (broad SMARTS) is 1. The van der Waals surface area contributed by atoms with Crippen LogP contribution >= 0.6 is 0 Å². The van der Waals surface area contributed by atoms with Crippen molar-refractivity contribution in [3.8, 4) is 11.5 Å². The molecule has 0 amide bonds. The molecule has 1 aromatic carbocycles. The second kappa shape index (κ2) is 5.95. The van der Waals surface area contributed by atoms with Gasteiger partial charge in [0.05, 0.1) is 20.6 Å². The average Bonchev–Trinajstić information content (AvgIpc) is 2.34. The van der Waals surface area contributed by atoms with Gasteiger partial charge in [-0.25, -0.2) is 0 Å². The van der Waals surface area contributed by atoms with Crippen LogP contribution in [0, 0.1) is 5.92 Å². The molecular formula is C15H20O4. The number of aliphatic carboxylic acids is 1. The van der Waals surface area contributed by atoms with Crippen molar-refractivity contribution < 1.29 is 19.4 Å². The van der Waals surface area contributed by atoms with E-state index in [4.69, 9.17) is 14.6 Å². The van der Waals surface area contributed by atoms with Crippen LogP contribution < -0.4 is 9.47 Å². The van der Waals surface area contributed by atoms with Crippen LogP contribution in [0.3, 0.4) is 0 Å². The first-order valence-corrected chi connectivity index (χ1v) is 6.59. The standard InChI is InChI=1S/C15H20O4/c1-18-11-6-7-14(19-2)13(8-11)12(9-15(16)17)10-4-3-5-10/h6-8,10,12H,3-5,9H2,1-2H3,(H,16,17). The van der Waals surface area contributed by atoms with Crippen LogP contribution in [-0.4, -0.2) is 25.3 Å². The molecule has 0 heterocycles. The van der Waals surface area contributed by atoms with Gasteiger partial charge in [0.15, 0.2) is 0 Å². The zero-order valence-corrected chi connectivity index (χ0v) is 11.4. The molecule has 0 radical (unpaired) electrons. The van der Waals surface area contributed by atoms with Crippen molar-refractivity contribution >= 4 is 5.97 Å². The van der Waals surface area contributed by atoms with E-state index in [2.05, 4.69) is 0 Å². The lowest BCUT2D eigenvalue weighted by Crippen LogP contribution is -2.23. The Kier molecular flexibility index (Phi) is 4.30. The first-order chi connectivity index (χ1) is 9.15. The van der Waals surface area contributed by atoms with Crippen LogP contribution in [0.15, 0.2) is 18.2 Å². The van der Waals surface area contributed by atoms with Gasteiger partial charge in [-0.05, 0) is 37.0 Å². The van der Waals surface area contributed by atoms with Crippen LogP contribution in [0.2, 0.25) is 0 Å². The predicted molar refractivity (Wildman–Crippen MR) is 71.9 cm³/mol. The molecule has 0 aliphatic heterocycles. The summed E-state index contributed by atoms with van der Waals surface area (Å²) in [6.07, 6.45) is 3.53. The number of methoxy groups -OCH3 is 2. The van der Waals surface area contributed by atoms with E-state index in [1.54, 1.807) is 14.2 Å². The number of ether oxygens (including phenoxy) is 2. The third-order valence-corrected chi connectivity index (χ3v) is 3.95. The highest BCUT2D eigenvalue weighted by Crippen LogP contribution is 2.45. The summed E-state index contributed by atoms with van der Waals surface area (Å²) in [6, 6.07) is 5.59. The Labute approximate surface area is 113 Å². The lowest BCUT2D eigenvalue weighted by Gasteiger charge is -2.34. The molecule has 19 heavy (non-hydrogen) atoms. The van der Waals surface area contributed by atoms with Gasteiger partial charge in [-0.15, -0.1) is 0 Å². The highest BCUT2D eigenvalue weighted by molar-refractivity contribution is 5.68. The molecular weight excluding hydrogens is 244 g/mol. The minimum absolute atomic E-state index is 0.0105. The van der Waals surface area contributed by atoms with Gasteiger partial charge in [-0.1, -0.05) is 6.42 Å². The van der Waals surface area contributed by atoms with Crippen molar-refractivity contribution in [1.82, 2.24) is 0 Å². The maximum atomic E-state index is 11.1. The van der Waals surface area contributed by atoms with Crippen molar-refractivity contribution in [3.63, 3.8) is 0 Å². The first kappa shape index (κ1) is 13.7. The van der Waals surface area contributed by atoms with Crippen molar-refractivity contribution in [2.24, 2.45) is 5.92 Å². The lowest BCUT2D eigenvalue weighted by atomic mass is 9.71. The Morgan fingerprint density at radius 3 is 2.58 bits per heavy atom. The van der Waals surface area contributed by atoms with Gasteiger partial charge in [0.1, 0.15) is 11.5 Å². The molecule has 4 nitrogen and oxygen atoms in total. The van der Waals surface area contributed by atoms with Gasteiger partial charge in [0.25, 0.3) is 0 Å². The van der Waals surface area contributed by atoms with E-state index in [1.165, 1.54) is 6.42 Å². The molecule has 0 bridgehead atoms. The van der Waals surface area contributed by atoms with E-state index >= 15 is 0 Å². The molecule has 4 heteroatoms. The molecule has 2 rings (SSSR count). The quantitative estimate of drug-likeness (QED) is 0.858. The topological polar surface area (TPSA) is 55.8 Å². The third kappa shape index (κ3) is 3.00. The molecule has 104 valence electrons. The molecule has 1 aliphatic rings. The van der Waals surface area contributed by atoms with Crippen molar-refractivity contribution in [1.29, 1.82) is 0 Å². The molecule has 0 saturated heterocycles. The normalized spacial score (nSPS) is 16.5. The molecule has 1 N–H and O–H groups in total. The third-order valence-electron chi connectivity index (χ3n) is 3.95. The van der Waals surface area contributed by atoms with E-state index in [-0.39, 0.29) is 12.3 Å². The first-order valence-electron chi connectivity index (χ1n) is 6.59. The van der Waals surface area contributed by atoms with E-state index in [9.17, 15) is 4.79 Å². The molecule has 1 fully saturated rings. The highest BCUT2D eigenvalue weighted by atomic mass is 16.5. The Balaban J connectivity index is 2.35. The van der Waals surface area contributed by atoms with Crippen molar-refractivity contribution in [2.75, 3.05) is 14.2 Å². The zero-order valence-electron chi connectivity index (χ0n) is 11.4. The summed E-state index contributed by atoms with van der Waals surface area (Å²) in [5.41, 5.74) is 0.953. The van der Waals surface area contributed by atoms with Gasteiger partial charge >= 0.3 is 5.97 Å². The summed E-state index contributed by atoms with van der Waals surface area (Å²) in [5.74, 6) is 1.18. The van der Waals surface area contributed by atoms with Gasteiger partial charge in [-0.2, -0.15) is 0 Å². The fourth-order valence-corrected chi connectivity index (χ4v) is 2.69. The molecule has 1 aliphatic carbocycles. The fourth-order valence-electron chi connectivity index (χ4n) is 2.69. The van der Waals surface area contributed by atoms with Crippen LogP contribution in [0.25, 0.3) is 0 Å². The van der Waals surface area contributed by atoms with Gasteiger partial charge in [-0.3, -0.25) is 4.79 Å². The second-order valence-electron chi connectivity index (χ2n) is 5.00. The minimum Gasteiger partial charge on any atom is -0.497 e. The Morgan fingerprint density at radius 1 is 1.37 bits per heavy atom. The van der Waals surface area contributed by atoms with Gasteiger partial charge < -0.3 is 14.6 Å². The molecule has 0 spiro atoms. The molecule has 1 unspecified atom stereocenters. The molecule has 1 saturated carbocycles. The van der Waals surface area contributed by atoms with E-state index in [0.717, 1.165) is 29.9 Å². The smallest absolute Gasteiger partial charge is 0.303 e. The summed E-state index contributed by atoms with van der Waals surface area (Å²) in [7, 11) is 3.23. The van der Waals surface area contributed by atoms with E-state index < -0.39 is 5.97 Å². The number of carboxylic acids is 1. The van der Waals surface area contributed by atoms with E-state index in [0.29, 0.717) is 5.92 Å². The predicted octanol–water partition coefficient (Wildman–Crippen LogP) is 3.06. The number of carbonyl (C=O) groups is 1. The molecule has 0 aromatic heterocycles. The Bertz CT molecular complexity index is 451. The fraction of sp³-hybridized carbons (Fsp3) is 0.533. The Morgan fingerprint density at radius 2 is 2.11 bits per heavy atom. The van der Waals surface area contributed by atoms with Crippen LogP contribution in [0.5, 0.6) is 11.5 Å². The monoisotopic (exact) mass is 264 g/mol. The minimum atomic E-state index is -0.762. The number of hydrogen-bond acceptors (Lipinski definition) is 3. The highest BCUT2D eigenvalue weighted by Gasteiger charge is 2.32. The molecule has 1 aromatic rings. The maximum Gasteiger partial charge on any atom is 0.303 e. The summed E-state index contributed by atoms with van der Waals surface area (Å²) in [4.78, 5) is 11.1.